The number of carbonyl (C=O) groups excluding carboxylic acids is 2. The van der Waals surface area contributed by atoms with Crippen LogP contribution in [0.1, 0.15) is 31.0 Å². The minimum absolute atomic E-state index is 0.202. The Labute approximate surface area is 222 Å². The molecule has 0 saturated heterocycles. The van der Waals surface area contributed by atoms with E-state index in [-0.39, 0.29) is 22.6 Å². The van der Waals surface area contributed by atoms with Crippen molar-refractivity contribution < 1.29 is 33.3 Å². The minimum Gasteiger partial charge on any atom is -0.497 e. The third kappa shape index (κ3) is 4.92. The zero-order valence-electron chi connectivity index (χ0n) is 21.7. The number of methoxy groups -OCH3 is 4. The molecule has 38 heavy (non-hydrogen) atoms. The molecule has 11 heteroatoms. The first kappa shape index (κ1) is 26.7. The van der Waals surface area contributed by atoms with E-state index in [9.17, 15) is 14.4 Å². The molecule has 0 radical (unpaired) electrons. The molecule has 0 N–H and O–H groups in total. The van der Waals surface area contributed by atoms with Crippen LogP contribution in [-0.2, 0) is 14.3 Å². The van der Waals surface area contributed by atoms with Gasteiger partial charge < -0.3 is 23.7 Å². The van der Waals surface area contributed by atoms with Gasteiger partial charge in [0.2, 0.25) is 0 Å². The van der Waals surface area contributed by atoms with Crippen molar-refractivity contribution >= 4 is 29.4 Å². The standard InChI is InChI=1S/C27H26N2O8S/c1-14-23(26(32)36-6)24(16-7-9-20(37-15(2)30)21(12-16)35-5)29-25(31)22(38-27(29)28-14)13-17-11-18(33-3)8-10-19(17)34-4/h7-13,24H,1-6H3/b22-13+. The smallest absolute Gasteiger partial charge is 0.338 e. The quantitative estimate of drug-likeness (QED) is 0.333. The average molecular weight is 539 g/mol. The molecule has 1 unspecified atom stereocenters. The largest absolute Gasteiger partial charge is 0.497 e. The molecule has 1 aliphatic heterocycles. The van der Waals surface area contributed by atoms with Crippen LogP contribution < -0.4 is 33.8 Å². The van der Waals surface area contributed by atoms with Gasteiger partial charge in [0.1, 0.15) is 11.5 Å². The molecular weight excluding hydrogens is 512 g/mol. The second-order valence-electron chi connectivity index (χ2n) is 8.19. The molecule has 0 aliphatic carbocycles. The van der Waals surface area contributed by atoms with E-state index in [0.717, 1.165) is 0 Å². The van der Waals surface area contributed by atoms with Crippen LogP contribution in [0.15, 0.2) is 57.5 Å². The van der Waals surface area contributed by atoms with Crippen LogP contribution >= 0.6 is 11.3 Å². The number of thiazole rings is 1. The summed E-state index contributed by atoms with van der Waals surface area (Å²) >= 11 is 1.18. The van der Waals surface area contributed by atoms with Crippen molar-refractivity contribution in [1.29, 1.82) is 0 Å². The first-order valence-corrected chi connectivity index (χ1v) is 12.2. The first-order chi connectivity index (χ1) is 18.2. The number of esters is 2. The lowest BCUT2D eigenvalue weighted by Crippen LogP contribution is -2.39. The van der Waals surface area contributed by atoms with Gasteiger partial charge in [0.25, 0.3) is 5.56 Å². The Balaban J connectivity index is 1.97. The highest BCUT2D eigenvalue weighted by atomic mass is 32.1. The Morgan fingerprint density at radius 1 is 0.974 bits per heavy atom. The van der Waals surface area contributed by atoms with E-state index in [1.165, 1.54) is 37.0 Å². The molecular formula is C27H26N2O8S. The lowest BCUT2D eigenvalue weighted by atomic mass is 9.95. The highest BCUT2D eigenvalue weighted by Gasteiger charge is 2.33. The number of nitrogens with zero attached hydrogens (tertiary/aromatic N) is 2. The van der Waals surface area contributed by atoms with Crippen LogP contribution in [0.3, 0.4) is 0 Å². The Kier molecular flexibility index (Phi) is 7.67. The maximum absolute atomic E-state index is 13.8. The summed E-state index contributed by atoms with van der Waals surface area (Å²) in [5.41, 5.74) is 1.44. The van der Waals surface area contributed by atoms with Crippen molar-refractivity contribution in [3.63, 3.8) is 0 Å². The van der Waals surface area contributed by atoms with Crippen molar-refractivity contribution in [3.8, 4) is 23.0 Å². The molecule has 10 nitrogen and oxygen atoms in total. The molecule has 2 aromatic carbocycles. The fraction of sp³-hybridized carbons (Fsp3) is 0.259. The molecule has 0 fully saturated rings. The summed E-state index contributed by atoms with van der Waals surface area (Å²) < 4.78 is 28.3. The lowest BCUT2D eigenvalue weighted by Gasteiger charge is -2.25. The highest BCUT2D eigenvalue weighted by molar-refractivity contribution is 7.07. The molecule has 0 spiro atoms. The van der Waals surface area contributed by atoms with Gasteiger partial charge in [0.15, 0.2) is 16.3 Å². The fourth-order valence-electron chi connectivity index (χ4n) is 4.19. The summed E-state index contributed by atoms with van der Waals surface area (Å²) in [6.07, 6.45) is 1.70. The molecule has 3 aromatic rings. The highest BCUT2D eigenvalue weighted by Crippen LogP contribution is 2.36. The van der Waals surface area contributed by atoms with Crippen LogP contribution in [0.2, 0.25) is 0 Å². The second kappa shape index (κ2) is 10.9. The number of hydrogen-bond acceptors (Lipinski definition) is 10. The summed E-state index contributed by atoms with van der Waals surface area (Å²) in [5.74, 6) is 0.504. The average Bonchev–Trinajstić information content (AvgIpc) is 3.21. The number of carbonyl (C=O) groups is 2. The summed E-state index contributed by atoms with van der Waals surface area (Å²) in [6.45, 7) is 2.97. The molecule has 0 bridgehead atoms. The summed E-state index contributed by atoms with van der Waals surface area (Å²) in [6, 6.07) is 9.24. The van der Waals surface area contributed by atoms with E-state index in [4.69, 9.17) is 23.7 Å². The predicted octanol–water partition coefficient (Wildman–Crippen LogP) is 2.36. The van der Waals surface area contributed by atoms with Crippen molar-refractivity contribution in [2.45, 2.75) is 19.9 Å². The van der Waals surface area contributed by atoms with Crippen LogP contribution in [0.5, 0.6) is 23.0 Å². The number of rotatable bonds is 7. The van der Waals surface area contributed by atoms with Crippen LogP contribution in [0.4, 0.5) is 0 Å². The van der Waals surface area contributed by atoms with Gasteiger partial charge in [0, 0.05) is 12.5 Å². The number of allylic oxidation sites excluding steroid dienone is 1. The van der Waals surface area contributed by atoms with E-state index in [2.05, 4.69) is 4.99 Å². The Morgan fingerprint density at radius 3 is 2.32 bits per heavy atom. The van der Waals surface area contributed by atoms with E-state index in [0.29, 0.717) is 37.7 Å². The number of ether oxygens (including phenoxy) is 5. The third-order valence-corrected chi connectivity index (χ3v) is 6.89. The molecule has 198 valence electrons. The minimum atomic E-state index is -0.867. The van der Waals surface area contributed by atoms with Crippen molar-refractivity contribution in [1.82, 2.24) is 4.57 Å². The van der Waals surface area contributed by atoms with E-state index in [1.807, 2.05) is 0 Å². The summed E-state index contributed by atoms with van der Waals surface area (Å²) in [5, 5.41) is 0. The summed E-state index contributed by atoms with van der Waals surface area (Å²) in [4.78, 5) is 43.2. The normalized spacial score (nSPS) is 14.9. The van der Waals surface area contributed by atoms with Gasteiger partial charge in [-0.25, -0.2) is 9.79 Å². The molecule has 1 atom stereocenters. The van der Waals surface area contributed by atoms with E-state index < -0.39 is 18.0 Å². The Hall–Kier alpha value is -4.38. The van der Waals surface area contributed by atoms with Crippen LogP contribution in [-0.4, -0.2) is 44.9 Å². The second-order valence-corrected chi connectivity index (χ2v) is 9.19. The van der Waals surface area contributed by atoms with Gasteiger partial charge in [-0.1, -0.05) is 17.4 Å². The summed E-state index contributed by atoms with van der Waals surface area (Å²) in [7, 11) is 5.79. The van der Waals surface area contributed by atoms with Gasteiger partial charge in [-0.3, -0.25) is 14.2 Å². The first-order valence-electron chi connectivity index (χ1n) is 11.4. The molecule has 4 rings (SSSR count). The monoisotopic (exact) mass is 538 g/mol. The zero-order chi connectivity index (χ0) is 27.6. The van der Waals surface area contributed by atoms with E-state index >= 15 is 0 Å². The number of benzene rings is 2. The zero-order valence-corrected chi connectivity index (χ0v) is 22.5. The van der Waals surface area contributed by atoms with Crippen molar-refractivity contribution in [3.05, 3.63) is 78.5 Å². The fourth-order valence-corrected chi connectivity index (χ4v) is 5.23. The molecule has 0 amide bonds. The van der Waals surface area contributed by atoms with Gasteiger partial charge >= 0.3 is 11.9 Å². The number of hydrogen-bond donors (Lipinski definition) is 0. The molecule has 1 aromatic heterocycles. The number of aromatic nitrogens is 1. The maximum Gasteiger partial charge on any atom is 0.338 e. The molecule has 1 aliphatic rings. The Bertz CT molecular complexity index is 1630. The van der Waals surface area contributed by atoms with Crippen molar-refractivity contribution in [2.24, 2.45) is 4.99 Å². The number of fused-ring (bicyclic) bond motifs is 1. The molecule has 2 heterocycles. The maximum atomic E-state index is 13.8. The van der Waals surface area contributed by atoms with Gasteiger partial charge in [-0.15, -0.1) is 0 Å². The lowest BCUT2D eigenvalue weighted by molar-refractivity contribution is -0.136. The third-order valence-electron chi connectivity index (χ3n) is 5.91. The van der Waals surface area contributed by atoms with Crippen LogP contribution in [0.25, 0.3) is 6.08 Å². The van der Waals surface area contributed by atoms with Gasteiger partial charge in [-0.2, -0.15) is 0 Å². The molecule has 0 saturated carbocycles. The van der Waals surface area contributed by atoms with Crippen LogP contribution in [0, 0.1) is 0 Å². The van der Waals surface area contributed by atoms with E-state index in [1.54, 1.807) is 63.6 Å². The van der Waals surface area contributed by atoms with Crippen molar-refractivity contribution in [2.75, 3.05) is 28.4 Å². The SMILES string of the molecule is COC(=O)C1=C(C)N=c2s/c(=C/c3cc(OC)ccc3OC)c(=O)n2C1c1ccc(OC(C)=O)c(OC)c1. The van der Waals surface area contributed by atoms with Gasteiger partial charge in [-0.05, 0) is 48.9 Å². The topological polar surface area (TPSA) is 115 Å². The predicted molar refractivity (Wildman–Crippen MR) is 140 cm³/mol. The van der Waals surface area contributed by atoms with Gasteiger partial charge in [0.05, 0.1) is 50.3 Å². The Morgan fingerprint density at radius 2 is 1.68 bits per heavy atom.